The number of rotatable bonds is 7. The zero-order valence-electron chi connectivity index (χ0n) is 18.0. The van der Waals surface area contributed by atoms with Crippen LogP contribution in [0.5, 0.6) is 0 Å². The Labute approximate surface area is 186 Å². The second-order valence-corrected chi connectivity index (χ2v) is 9.95. The van der Waals surface area contributed by atoms with Crippen molar-refractivity contribution in [2.24, 2.45) is 4.40 Å². The Kier molecular flexibility index (Phi) is 7.47. The van der Waals surface area contributed by atoms with Crippen molar-refractivity contribution in [2.75, 3.05) is 40.4 Å². The van der Waals surface area contributed by atoms with E-state index in [0.29, 0.717) is 18.0 Å². The maximum absolute atomic E-state index is 12.7. The molecule has 10 heteroatoms. The molecule has 0 bridgehead atoms. The number of thiophene rings is 1. The number of nitrogens with one attached hydrogen (secondary N) is 1. The molecular formula is C21H27N3O5S2. The van der Waals surface area contributed by atoms with Crippen LogP contribution in [0.2, 0.25) is 0 Å². The number of carbonyl (C=O) groups is 1. The highest BCUT2D eigenvalue weighted by Crippen LogP contribution is 2.41. The Balaban J connectivity index is 2.02. The molecule has 0 aliphatic carbocycles. The van der Waals surface area contributed by atoms with Crippen molar-refractivity contribution in [3.05, 3.63) is 39.6 Å². The summed E-state index contributed by atoms with van der Waals surface area (Å²) in [6, 6.07) is 6.39. The molecule has 2 heterocycles. The van der Waals surface area contributed by atoms with Gasteiger partial charge in [-0.15, -0.1) is 15.7 Å². The Bertz CT molecular complexity index is 1050. The summed E-state index contributed by atoms with van der Waals surface area (Å²) in [5.41, 5.74) is 2.42. The summed E-state index contributed by atoms with van der Waals surface area (Å²) in [4.78, 5) is 15.8. The van der Waals surface area contributed by atoms with E-state index < -0.39 is 16.0 Å². The van der Waals surface area contributed by atoms with Crippen molar-refractivity contribution in [1.82, 2.24) is 10.2 Å². The SMILES string of the molecule is CCOC(=O)c1sc(C2CNCCO2)c(C)c1-c1ccc(S(=O)(=O)N=CN(C)C)cc1. The first kappa shape index (κ1) is 23.4. The highest BCUT2D eigenvalue weighted by Gasteiger charge is 2.28. The van der Waals surface area contributed by atoms with Gasteiger partial charge in [-0.05, 0) is 37.1 Å². The predicted octanol–water partition coefficient (Wildman–Crippen LogP) is 2.84. The molecule has 31 heavy (non-hydrogen) atoms. The molecule has 2 aromatic rings. The van der Waals surface area contributed by atoms with Crippen LogP contribution >= 0.6 is 11.3 Å². The lowest BCUT2D eigenvalue weighted by Gasteiger charge is -2.23. The second-order valence-electron chi connectivity index (χ2n) is 7.26. The van der Waals surface area contributed by atoms with Crippen molar-refractivity contribution in [3.63, 3.8) is 0 Å². The van der Waals surface area contributed by atoms with Crippen molar-refractivity contribution in [3.8, 4) is 11.1 Å². The van der Waals surface area contributed by atoms with Gasteiger partial charge in [0.05, 0.1) is 18.1 Å². The van der Waals surface area contributed by atoms with Crippen LogP contribution in [0.15, 0.2) is 33.6 Å². The molecule has 8 nitrogen and oxygen atoms in total. The lowest BCUT2D eigenvalue weighted by Crippen LogP contribution is -2.33. The quantitative estimate of drug-likeness (QED) is 0.381. The van der Waals surface area contributed by atoms with E-state index in [1.165, 1.54) is 29.8 Å². The molecule has 3 rings (SSSR count). The highest BCUT2D eigenvalue weighted by atomic mass is 32.2. The first-order chi connectivity index (χ1) is 14.7. The molecule has 1 N–H and O–H groups in total. The van der Waals surface area contributed by atoms with Crippen LogP contribution in [-0.2, 0) is 19.5 Å². The maximum atomic E-state index is 12.7. The van der Waals surface area contributed by atoms with E-state index in [1.54, 1.807) is 38.1 Å². The number of carbonyl (C=O) groups excluding carboxylic acids is 1. The zero-order valence-corrected chi connectivity index (χ0v) is 19.7. The Morgan fingerprint density at radius 2 is 2.06 bits per heavy atom. The Morgan fingerprint density at radius 3 is 2.65 bits per heavy atom. The average molecular weight is 466 g/mol. The van der Waals surface area contributed by atoms with Crippen LogP contribution in [0, 0.1) is 6.92 Å². The molecule has 0 amide bonds. The summed E-state index contributed by atoms with van der Waals surface area (Å²) in [6.45, 7) is 6.06. The van der Waals surface area contributed by atoms with Gasteiger partial charge in [0.1, 0.15) is 17.3 Å². The first-order valence-corrected chi connectivity index (χ1v) is 12.2. The molecule has 168 valence electrons. The average Bonchev–Trinajstić information content (AvgIpc) is 3.10. The molecule has 1 fully saturated rings. The molecule has 1 atom stereocenters. The summed E-state index contributed by atoms with van der Waals surface area (Å²) in [5.74, 6) is -0.395. The number of esters is 1. The van der Waals surface area contributed by atoms with E-state index in [9.17, 15) is 13.2 Å². The molecule has 0 saturated carbocycles. The molecular weight excluding hydrogens is 438 g/mol. The van der Waals surface area contributed by atoms with Gasteiger partial charge < -0.3 is 19.7 Å². The smallest absolute Gasteiger partial charge is 0.348 e. The van der Waals surface area contributed by atoms with Gasteiger partial charge in [-0.1, -0.05) is 12.1 Å². The van der Waals surface area contributed by atoms with Crippen molar-refractivity contribution >= 4 is 33.7 Å². The topological polar surface area (TPSA) is 97.3 Å². The predicted molar refractivity (Wildman–Crippen MR) is 121 cm³/mol. The molecule has 1 aromatic carbocycles. The van der Waals surface area contributed by atoms with Crippen LogP contribution in [0.4, 0.5) is 0 Å². The number of hydrogen-bond donors (Lipinski definition) is 1. The molecule has 1 aromatic heterocycles. The van der Waals surface area contributed by atoms with Crippen molar-refractivity contribution < 1.29 is 22.7 Å². The lowest BCUT2D eigenvalue weighted by molar-refractivity contribution is 0.0296. The molecule has 1 aliphatic heterocycles. The summed E-state index contributed by atoms with van der Waals surface area (Å²) in [7, 11) is -0.409. The lowest BCUT2D eigenvalue weighted by atomic mass is 9.99. The molecule has 1 unspecified atom stereocenters. The van der Waals surface area contributed by atoms with Gasteiger partial charge in [0.25, 0.3) is 10.0 Å². The fourth-order valence-corrected chi connectivity index (χ4v) is 5.46. The number of nitrogens with zero attached hydrogens (tertiary/aromatic N) is 2. The largest absolute Gasteiger partial charge is 0.462 e. The number of hydrogen-bond acceptors (Lipinski definition) is 7. The van der Waals surface area contributed by atoms with Gasteiger partial charge in [-0.3, -0.25) is 0 Å². The van der Waals surface area contributed by atoms with Crippen LogP contribution in [0.25, 0.3) is 11.1 Å². The van der Waals surface area contributed by atoms with Gasteiger partial charge in [0.2, 0.25) is 0 Å². The van der Waals surface area contributed by atoms with Gasteiger partial charge in [0, 0.05) is 37.6 Å². The Morgan fingerprint density at radius 1 is 1.35 bits per heavy atom. The van der Waals surface area contributed by atoms with E-state index >= 15 is 0 Å². The molecule has 1 saturated heterocycles. The zero-order chi connectivity index (χ0) is 22.6. The summed E-state index contributed by atoms with van der Waals surface area (Å²) in [5, 5.41) is 3.31. The third-order valence-electron chi connectivity index (χ3n) is 4.72. The van der Waals surface area contributed by atoms with Crippen LogP contribution in [0.1, 0.15) is 33.1 Å². The molecule has 0 spiro atoms. The van der Waals surface area contributed by atoms with Crippen LogP contribution in [0.3, 0.4) is 0 Å². The van der Waals surface area contributed by atoms with Crippen molar-refractivity contribution in [1.29, 1.82) is 0 Å². The van der Waals surface area contributed by atoms with E-state index in [4.69, 9.17) is 9.47 Å². The highest BCUT2D eigenvalue weighted by molar-refractivity contribution is 7.90. The standard InChI is InChI=1S/C21H27N3O5S2/c1-5-28-21(25)20-18(14(2)19(30-20)17-12-22-10-11-29-17)15-6-8-16(9-7-15)31(26,27)23-13-24(3)4/h6-9,13,17,22H,5,10-12H2,1-4H3. The third kappa shape index (κ3) is 5.32. The fourth-order valence-electron chi connectivity index (χ4n) is 3.27. The van der Waals surface area contributed by atoms with Crippen LogP contribution < -0.4 is 5.32 Å². The second kappa shape index (κ2) is 9.90. The van der Waals surface area contributed by atoms with Crippen molar-refractivity contribution in [2.45, 2.75) is 24.8 Å². The van der Waals surface area contributed by atoms with E-state index in [-0.39, 0.29) is 17.6 Å². The molecule has 1 aliphatic rings. The summed E-state index contributed by atoms with van der Waals surface area (Å²) < 4.78 is 39.6. The monoisotopic (exact) mass is 465 g/mol. The normalized spacial score (nSPS) is 17.1. The Hall–Kier alpha value is -2.27. The minimum absolute atomic E-state index is 0.0833. The summed E-state index contributed by atoms with van der Waals surface area (Å²) >= 11 is 1.37. The van der Waals surface area contributed by atoms with Gasteiger partial charge in [-0.25, -0.2) is 4.79 Å². The first-order valence-electron chi connectivity index (χ1n) is 9.94. The van der Waals surface area contributed by atoms with Crippen LogP contribution in [-0.4, -0.2) is 66.0 Å². The third-order valence-corrected chi connectivity index (χ3v) is 7.33. The fraction of sp³-hybridized carbons (Fsp3) is 0.429. The maximum Gasteiger partial charge on any atom is 0.348 e. The van der Waals surface area contributed by atoms with E-state index in [0.717, 1.165) is 28.1 Å². The number of benzene rings is 1. The minimum Gasteiger partial charge on any atom is -0.462 e. The summed E-state index contributed by atoms with van der Waals surface area (Å²) in [6.07, 6.45) is 1.11. The number of morpholine rings is 1. The number of sulfonamides is 1. The van der Waals surface area contributed by atoms with Gasteiger partial charge >= 0.3 is 5.97 Å². The van der Waals surface area contributed by atoms with E-state index in [2.05, 4.69) is 9.71 Å². The molecule has 0 radical (unpaired) electrons. The van der Waals surface area contributed by atoms with Gasteiger partial charge in [0.15, 0.2) is 0 Å². The minimum atomic E-state index is -3.80. The van der Waals surface area contributed by atoms with E-state index in [1.807, 2.05) is 6.92 Å². The number of ether oxygens (including phenoxy) is 2. The van der Waals surface area contributed by atoms with Gasteiger partial charge in [-0.2, -0.15) is 8.42 Å².